The van der Waals surface area contributed by atoms with Crippen LogP contribution in [0.4, 0.5) is 4.39 Å². The van der Waals surface area contributed by atoms with E-state index in [1.54, 1.807) is 44.6 Å². The van der Waals surface area contributed by atoms with Crippen molar-refractivity contribution in [1.29, 1.82) is 0 Å². The van der Waals surface area contributed by atoms with Crippen molar-refractivity contribution in [2.45, 2.75) is 13.3 Å². The fourth-order valence-electron chi connectivity index (χ4n) is 2.87. The number of rotatable bonds is 5. The molecule has 1 N–H and O–H groups in total. The molecule has 0 saturated heterocycles. The van der Waals surface area contributed by atoms with Gasteiger partial charge in [-0.05, 0) is 36.2 Å². The van der Waals surface area contributed by atoms with Crippen molar-refractivity contribution in [2.24, 2.45) is 0 Å². The summed E-state index contributed by atoms with van der Waals surface area (Å²) in [5.41, 5.74) is 1.37. The van der Waals surface area contributed by atoms with Crippen LogP contribution in [0.2, 0.25) is 0 Å². The zero-order valence-electron chi connectivity index (χ0n) is 15.5. The van der Waals surface area contributed by atoms with E-state index >= 15 is 0 Å². The van der Waals surface area contributed by atoms with Crippen LogP contribution >= 0.6 is 0 Å². The van der Waals surface area contributed by atoms with Crippen molar-refractivity contribution in [3.8, 4) is 16.9 Å². The fraction of sp³-hybridized carbons (Fsp3) is 0.238. The SMILES string of the molecule is CCCOc1ccc(F)c2c(=O)c(-c3ccc(C(=O)N(C)C)cc3)c[nH]c12. The summed E-state index contributed by atoms with van der Waals surface area (Å²) in [6.45, 7) is 2.45. The van der Waals surface area contributed by atoms with E-state index < -0.39 is 11.2 Å². The van der Waals surface area contributed by atoms with E-state index in [9.17, 15) is 14.0 Å². The molecule has 0 aliphatic rings. The van der Waals surface area contributed by atoms with Crippen LogP contribution in [0.25, 0.3) is 22.0 Å². The summed E-state index contributed by atoms with van der Waals surface area (Å²) < 4.78 is 20.0. The molecule has 0 atom stereocenters. The Morgan fingerprint density at radius 2 is 1.85 bits per heavy atom. The Morgan fingerprint density at radius 1 is 1.15 bits per heavy atom. The third kappa shape index (κ3) is 3.56. The number of H-pyrrole nitrogens is 1. The number of nitrogens with one attached hydrogen (secondary N) is 1. The lowest BCUT2D eigenvalue weighted by Gasteiger charge is -2.12. The minimum atomic E-state index is -0.601. The number of nitrogens with zero attached hydrogens (tertiary/aromatic N) is 1. The first-order valence-corrected chi connectivity index (χ1v) is 8.72. The molecule has 0 fully saturated rings. The van der Waals surface area contributed by atoms with Crippen molar-refractivity contribution in [1.82, 2.24) is 9.88 Å². The lowest BCUT2D eigenvalue weighted by Crippen LogP contribution is -2.21. The standard InChI is InChI=1S/C21H21FN2O3/c1-4-11-27-17-10-9-16(22)18-19(17)23-12-15(20(18)25)13-5-7-14(8-6-13)21(26)24(2)3/h5-10,12H,4,11H2,1-3H3,(H,23,25). The molecule has 0 unspecified atom stereocenters. The molecule has 5 nitrogen and oxygen atoms in total. The third-order valence-electron chi connectivity index (χ3n) is 4.26. The number of hydrogen-bond acceptors (Lipinski definition) is 3. The first-order chi connectivity index (χ1) is 12.9. The van der Waals surface area contributed by atoms with E-state index in [2.05, 4.69) is 4.98 Å². The van der Waals surface area contributed by atoms with E-state index in [0.717, 1.165) is 6.42 Å². The number of carbonyl (C=O) groups is 1. The summed E-state index contributed by atoms with van der Waals surface area (Å²) in [6, 6.07) is 9.43. The van der Waals surface area contributed by atoms with Crippen molar-refractivity contribution in [3.63, 3.8) is 0 Å². The van der Waals surface area contributed by atoms with Gasteiger partial charge in [-0.15, -0.1) is 0 Å². The smallest absolute Gasteiger partial charge is 0.253 e. The summed E-state index contributed by atoms with van der Waals surface area (Å²) in [7, 11) is 3.34. The number of ether oxygens (including phenoxy) is 1. The quantitative estimate of drug-likeness (QED) is 0.745. The fourth-order valence-corrected chi connectivity index (χ4v) is 2.87. The normalized spacial score (nSPS) is 10.8. The van der Waals surface area contributed by atoms with Crippen LogP contribution < -0.4 is 10.2 Å². The Bertz CT molecular complexity index is 1040. The van der Waals surface area contributed by atoms with Crippen LogP contribution in [0.5, 0.6) is 5.75 Å². The molecule has 0 saturated carbocycles. The van der Waals surface area contributed by atoms with Gasteiger partial charge in [0.25, 0.3) is 5.91 Å². The molecule has 0 bridgehead atoms. The van der Waals surface area contributed by atoms with Gasteiger partial charge in [0, 0.05) is 31.4 Å². The Morgan fingerprint density at radius 3 is 2.48 bits per heavy atom. The van der Waals surface area contributed by atoms with Gasteiger partial charge in [-0.2, -0.15) is 0 Å². The summed E-state index contributed by atoms with van der Waals surface area (Å²) in [6.07, 6.45) is 2.35. The number of pyridine rings is 1. The van der Waals surface area contributed by atoms with Crippen LogP contribution in [-0.2, 0) is 0 Å². The van der Waals surface area contributed by atoms with Crippen LogP contribution in [0.1, 0.15) is 23.7 Å². The number of aromatic amines is 1. The van der Waals surface area contributed by atoms with E-state index in [1.165, 1.54) is 17.0 Å². The predicted molar refractivity (Wildman–Crippen MR) is 104 cm³/mol. The van der Waals surface area contributed by atoms with Gasteiger partial charge in [0.1, 0.15) is 11.6 Å². The van der Waals surface area contributed by atoms with Crippen molar-refractivity contribution < 1.29 is 13.9 Å². The van der Waals surface area contributed by atoms with Gasteiger partial charge in [-0.25, -0.2) is 4.39 Å². The topological polar surface area (TPSA) is 62.4 Å². The number of fused-ring (bicyclic) bond motifs is 1. The first-order valence-electron chi connectivity index (χ1n) is 8.72. The maximum absolute atomic E-state index is 14.4. The molecule has 1 aromatic heterocycles. The summed E-state index contributed by atoms with van der Waals surface area (Å²) in [5.74, 6) is -0.280. The highest BCUT2D eigenvalue weighted by Gasteiger charge is 2.15. The summed E-state index contributed by atoms with van der Waals surface area (Å²) in [4.78, 5) is 29.4. The number of amides is 1. The van der Waals surface area contributed by atoms with Crippen molar-refractivity contribution >= 4 is 16.8 Å². The van der Waals surface area contributed by atoms with Gasteiger partial charge in [0.05, 0.1) is 17.5 Å². The second-order valence-corrected chi connectivity index (χ2v) is 6.45. The van der Waals surface area contributed by atoms with E-state index in [4.69, 9.17) is 4.74 Å². The van der Waals surface area contributed by atoms with Crippen molar-refractivity contribution in [2.75, 3.05) is 20.7 Å². The molecular weight excluding hydrogens is 347 g/mol. The molecule has 6 heteroatoms. The number of halogens is 1. The summed E-state index contributed by atoms with van der Waals surface area (Å²) in [5, 5.41) is -0.0328. The Balaban J connectivity index is 2.08. The Hall–Kier alpha value is -3.15. The zero-order valence-corrected chi connectivity index (χ0v) is 15.5. The molecule has 1 heterocycles. The van der Waals surface area contributed by atoms with Gasteiger partial charge in [-0.3, -0.25) is 9.59 Å². The molecule has 140 valence electrons. The average molecular weight is 368 g/mol. The highest BCUT2D eigenvalue weighted by molar-refractivity contribution is 5.94. The van der Waals surface area contributed by atoms with Gasteiger partial charge in [-0.1, -0.05) is 19.1 Å². The van der Waals surface area contributed by atoms with Crippen molar-refractivity contribution in [3.05, 3.63) is 64.2 Å². The van der Waals surface area contributed by atoms with Crippen LogP contribution in [-0.4, -0.2) is 36.5 Å². The maximum atomic E-state index is 14.4. The zero-order chi connectivity index (χ0) is 19.6. The second-order valence-electron chi connectivity index (χ2n) is 6.45. The lowest BCUT2D eigenvalue weighted by molar-refractivity contribution is 0.0827. The minimum absolute atomic E-state index is 0.0328. The average Bonchev–Trinajstić information content (AvgIpc) is 2.67. The highest BCUT2D eigenvalue weighted by Crippen LogP contribution is 2.26. The van der Waals surface area contributed by atoms with Gasteiger partial charge < -0.3 is 14.6 Å². The predicted octanol–water partition coefficient (Wildman–Crippen LogP) is 3.82. The lowest BCUT2D eigenvalue weighted by atomic mass is 10.0. The Kier molecular flexibility index (Phi) is 5.26. The maximum Gasteiger partial charge on any atom is 0.253 e. The van der Waals surface area contributed by atoms with E-state index in [-0.39, 0.29) is 11.3 Å². The van der Waals surface area contributed by atoms with Gasteiger partial charge in [0.15, 0.2) is 5.43 Å². The van der Waals surface area contributed by atoms with Crippen LogP contribution in [0, 0.1) is 5.82 Å². The number of hydrogen-bond donors (Lipinski definition) is 1. The molecule has 0 spiro atoms. The van der Waals surface area contributed by atoms with E-state index in [0.29, 0.717) is 34.6 Å². The number of carbonyl (C=O) groups excluding carboxylic acids is 1. The second kappa shape index (κ2) is 7.61. The largest absolute Gasteiger partial charge is 0.491 e. The van der Waals surface area contributed by atoms with E-state index in [1.807, 2.05) is 6.92 Å². The molecular formula is C21H21FN2O3. The molecule has 3 rings (SSSR count). The number of aromatic nitrogens is 1. The minimum Gasteiger partial charge on any atom is -0.491 e. The monoisotopic (exact) mass is 368 g/mol. The molecule has 0 aliphatic carbocycles. The molecule has 1 amide bonds. The van der Waals surface area contributed by atoms with Gasteiger partial charge >= 0.3 is 0 Å². The first kappa shape index (κ1) is 18.6. The highest BCUT2D eigenvalue weighted by atomic mass is 19.1. The third-order valence-corrected chi connectivity index (χ3v) is 4.26. The molecule has 0 radical (unpaired) electrons. The summed E-state index contributed by atoms with van der Waals surface area (Å²) >= 11 is 0. The molecule has 3 aromatic rings. The van der Waals surface area contributed by atoms with Gasteiger partial charge in [0.2, 0.25) is 0 Å². The number of benzene rings is 2. The van der Waals surface area contributed by atoms with Crippen LogP contribution in [0.15, 0.2) is 47.4 Å². The molecule has 0 aliphatic heterocycles. The molecule has 2 aromatic carbocycles. The Labute approximate surface area is 156 Å². The van der Waals surface area contributed by atoms with Crippen LogP contribution in [0.3, 0.4) is 0 Å². The molecule has 27 heavy (non-hydrogen) atoms.